The molecule has 4 N–H and O–H groups in total. The summed E-state index contributed by atoms with van der Waals surface area (Å²) in [5, 5.41) is 35.6. The molecular formula is C63H105N4O10P. The maximum Gasteiger partial charge on any atom is 0.405 e. The van der Waals surface area contributed by atoms with Gasteiger partial charge in [-0.3, -0.25) is 13.8 Å². The lowest BCUT2D eigenvalue weighted by Gasteiger charge is -2.40. The van der Waals surface area contributed by atoms with Gasteiger partial charge in [0.05, 0.1) is 49.8 Å². The van der Waals surface area contributed by atoms with E-state index in [1.165, 1.54) is 128 Å². The topological polar surface area (TPSA) is 191 Å². The number of azo groups is 1. The van der Waals surface area contributed by atoms with Crippen molar-refractivity contribution in [3.05, 3.63) is 76.3 Å². The van der Waals surface area contributed by atoms with Crippen molar-refractivity contribution in [1.82, 2.24) is 10.4 Å². The molecule has 1 saturated carbocycles. The second-order valence-corrected chi connectivity index (χ2v) is 24.1. The van der Waals surface area contributed by atoms with Crippen molar-refractivity contribution in [3.8, 4) is 5.75 Å². The standard InChI is InChI=1S/C63H105N4O10P/c1-5-7-9-11-13-15-17-19-21-23-25-27-29-31-33-35-41-75-78(72,76-42-36-34-32-30-28-26-24-22-20-18-16-14-12-10-8-6-2)65-49-55-47-58(67-66-55)57-46-54-37-38-56(48-59(54)77-63(57)71)74-50-60(68)64-40-44-73-43-39-53-45-51(3)61(69)62(70)52(53)4/h19-22,37-38,46-48,51-53,58,61-62,69-70H,5-18,23-36,39-45,49-50H2,1-4H3,(H,64,68)(H,65,72)/b21-19-,22-20-/t51?,52-,53-,58?,61+,62?/m0/s1. The first-order chi connectivity index (χ1) is 38.0. The first kappa shape index (κ1) is 67.0. The highest BCUT2D eigenvalue weighted by Gasteiger charge is 2.38. The van der Waals surface area contributed by atoms with Crippen LogP contribution >= 0.6 is 7.75 Å². The van der Waals surface area contributed by atoms with Crippen LogP contribution in [-0.2, 0) is 23.1 Å². The SMILES string of the molecule is CCCCCCCC/C=C\CCCCCCCCOP(=O)(NCC1=CC(c2cc3ccc(OCC(=O)NCCOCC[C@H]4CC(C)[C@@H](O)C(O)[C@H]4C)cc3oc2=O)N=N1)OCCCCCCCC/C=C\CCCCCCCC. The molecule has 2 heterocycles. The fourth-order valence-electron chi connectivity index (χ4n) is 10.3. The number of allylic oxidation sites excluding steroid dienone is 4. The van der Waals surface area contributed by atoms with Crippen molar-refractivity contribution in [2.45, 2.75) is 239 Å². The molecule has 1 aliphatic carbocycles. The van der Waals surface area contributed by atoms with E-state index in [9.17, 15) is 24.4 Å². The first-order valence-electron chi connectivity index (χ1n) is 31.0. The summed E-state index contributed by atoms with van der Waals surface area (Å²) >= 11 is 0. The van der Waals surface area contributed by atoms with E-state index >= 15 is 0 Å². The van der Waals surface area contributed by atoms with Crippen LogP contribution < -0.4 is 20.8 Å². The van der Waals surface area contributed by atoms with Crippen molar-refractivity contribution in [2.24, 2.45) is 28.0 Å². The van der Waals surface area contributed by atoms with Crippen LogP contribution in [0.15, 0.2) is 79.8 Å². The number of hydrogen-bond acceptors (Lipinski definition) is 12. The maximum absolute atomic E-state index is 14.1. The number of nitrogens with zero attached hydrogens (tertiary/aromatic N) is 2. The Bertz CT molecular complexity index is 2100. The van der Waals surface area contributed by atoms with Crippen LogP contribution in [0.25, 0.3) is 11.0 Å². The van der Waals surface area contributed by atoms with Gasteiger partial charge in [-0.1, -0.05) is 168 Å². The minimum Gasteiger partial charge on any atom is -0.484 e. The normalized spacial score (nSPS) is 19.7. The van der Waals surface area contributed by atoms with Crippen LogP contribution in [0.3, 0.4) is 0 Å². The predicted octanol–water partition coefficient (Wildman–Crippen LogP) is 15.9. The molecule has 0 bridgehead atoms. The number of carbonyl (C=O) groups is 1. The second-order valence-electron chi connectivity index (χ2n) is 22.2. The van der Waals surface area contributed by atoms with Gasteiger partial charge in [0, 0.05) is 24.6 Å². The van der Waals surface area contributed by atoms with Crippen molar-refractivity contribution < 1.29 is 42.5 Å². The summed E-state index contributed by atoms with van der Waals surface area (Å²) in [6.07, 6.45) is 45.3. The molecule has 2 aliphatic rings. The van der Waals surface area contributed by atoms with Gasteiger partial charge in [-0.15, -0.1) is 0 Å². The third-order valence-electron chi connectivity index (χ3n) is 15.5. The number of aliphatic hydroxyl groups excluding tert-OH is 2. The first-order valence-corrected chi connectivity index (χ1v) is 32.5. The van der Waals surface area contributed by atoms with E-state index in [0.29, 0.717) is 61.0 Å². The molecule has 1 aromatic heterocycles. The minimum atomic E-state index is -3.67. The quantitative estimate of drug-likeness (QED) is 0.0213. The van der Waals surface area contributed by atoms with Gasteiger partial charge >= 0.3 is 13.4 Å². The maximum atomic E-state index is 14.1. The highest BCUT2D eigenvalue weighted by molar-refractivity contribution is 7.51. The third-order valence-corrected chi connectivity index (χ3v) is 17.1. The van der Waals surface area contributed by atoms with Crippen LogP contribution in [0.4, 0.5) is 0 Å². The number of hydrogen-bond donors (Lipinski definition) is 4. The monoisotopic (exact) mass is 1110 g/mol. The summed E-state index contributed by atoms with van der Waals surface area (Å²) in [5.74, 6) is 0.364. The zero-order chi connectivity index (χ0) is 55.9. The van der Waals surface area contributed by atoms with E-state index < -0.39 is 31.6 Å². The Labute approximate surface area is 470 Å². The third kappa shape index (κ3) is 28.3. The van der Waals surface area contributed by atoms with E-state index in [2.05, 4.69) is 58.8 Å². The minimum absolute atomic E-state index is 0.000732. The molecule has 1 aromatic carbocycles. The molecule has 2 aromatic rings. The Morgan fingerprint density at radius 1 is 0.705 bits per heavy atom. The lowest BCUT2D eigenvalue weighted by atomic mass is 9.71. The van der Waals surface area contributed by atoms with Gasteiger partial charge in [0.1, 0.15) is 17.4 Å². The Morgan fingerprint density at radius 3 is 1.81 bits per heavy atom. The molecule has 0 saturated heterocycles. The number of benzene rings is 1. The van der Waals surface area contributed by atoms with Crippen LogP contribution in [0, 0.1) is 17.8 Å². The zero-order valence-electron chi connectivity index (χ0n) is 48.8. The van der Waals surface area contributed by atoms with Gasteiger partial charge < -0.3 is 29.4 Å². The molecule has 0 spiro atoms. The molecule has 6 atom stereocenters. The Hall–Kier alpha value is -3.49. The van der Waals surface area contributed by atoms with Crippen LogP contribution in [0.1, 0.15) is 232 Å². The van der Waals surface area contributed by atoms with Crippen molar-refractivity contribution in [3.63, 3.8) is 0 Å². The van der Waals surface area contributed by atoms with E-state index in [1.54, 1.807) is 30.3 Å². The Morgan fingerprint density at radius 2 is 1.24 bits per heavy atom. The summed E-state index contributed by atoms with van der Waals surface area (Å²) in [5.41, 5.74) is 0.558. The van der Waals surface area contributed by atoms with Crippen molar-refractivity contribution >= 4 is 24.6 Å². The van der Waals surface area contributed by atoms with Gasteiger partial charge in [-0.25, -0.2) is 14.4 Å². The van der Waals surface area contributed by atoms with Crippen molar-refractivity contribution in [2.75, 3.05) is 46.1 Å². The van der Waals surface area contributed by atoms with E-state index in [-0.39, 0.29) is 36.8 Å². The summed E-state index contributed by atoms with van der Waals surface area (Å²) in [6.45, 7) is 10.1. The summed E-state index contributed by atoms with van der Waals surface area (Å²) in [4.78, 5) is 25.8. The highest BCUT2D eigenvalue weighted by Crippen LogP contribution is 2.45. The average Bonchev–Trinajstić information content (AvgIpc) is 3.94. The van der Waals surface area contributed by atoms with E-state index in [0.717, 1.165) is 64.2 Å². The number of unbranched alkanes of at least 4 members (excludes halogenated alkanes) is 24. The molecule has 14 nitrogen and oxygen atoms in total. The van der Waals surface area contributed by atoms with E-state index in [4.69, 9.17) is 22.9 Å². The predicted molar refractivity (Wildman–Crippen MR) is 317 cm³/mol. The van der Waals surface area contributed by atoms with Crippen LogP contribution in [0.5, 0.6) is 5.75 Å². The van der Waals surface area contributed by atoms with Gasteiger partial charge in [0.2, 0.25) is 0 Å². The summed E-state index contributed by atoms with van der Waals surface area (Å²) < 4.78 is 43.3. The van der Waals surface area contributed by atoms with Crippen molar-refractivity contribution in [1.29, 1.82) is 0 Å². The smallest absolute Gasteiger partial charge is 0.405 e. The summed E-state index contributed by atoms with van der Waals surface area (Å²) in [7, 11) is -3.67. The molecule has 15 heteroatoms. The molecule has 442 valence electrons. The van der Waals surface area contributed by atoms with Gasteiger partial charge in [0.15, 0.2) is 6.61 Å². The zero-order valence-corrected chi connectivity index (χ0v) is 49.7. The highest BCUT2D eigenvalue weighted by atomic mass is 31.2. The van der Waals surface area contributed by atoms with Gasteiger partial charge in [-0.05, 0) is 119 Å². The van der Waals surface area contributed by atoms with Crippen LogP contribution in [0.2, 0.25) is 0 Å². The molecule has 1 amide bonds. The molecule has 0 radical (unpaired) electrons. The average molecular weight is 1110 g/mol. The second kappa shape index (κ2) is 41.5. The number of rotatable bonds is 47. The van der Waals surface area contributed by atoms with Crippen LogP contribution in [-0.4, -0.2) is 74.5 Å². The Balaban J connectivity index is 1.17. The molecular weight excluding hydrogens is 1000 g/mol. The molecule has 1 aliphatic heterocycles. The number of carbonyl (C=O) groups excluding carboxylic acids is 1. The number of ether oxygens (including phenoxy) is 2. The fraction of sp³-hybridized carbons (Fsp3) is 0.746. The lowest BCUT2D eigenvalue weighted by Crippen LogP contribution is -2.46. The lowest BCUT2D eigenvalue weighted by molar-refractivity contribution is -0.123. The molecule has 3 unspecified atom stereocenters. The number of nitrogens with one attached hydrogen (secondary N) is 2. The fourth-order valence-corrected chi connectivity index (χ4v) is 11.7. The number of fused-ring (bicyclic) bond motifs is 1. The number of amides is 1. The molecule has 1 fully saturated rings. The van der Waals surface area contributed by atoms with Gasteiger partial charge in [-0.2, -0.15) is 10.2 Å². The van der Waals surface area contributed by atoms with Gasteiger partial charge in [0.25, 0.3) is 5.91 Å². The van der Waals surface area contributed by atoms with E-state index in [1.807, 2.05) is 13.8 Å². The largest absolute Gasteiger partial charge is 0.484 e. The molecule has 78 heavy (non-hydrogen) atoms. The molecule has 4 rings (SSSR count). The summed E-state index contributed by atoms with van der Waals surface area (Å²) in [6, 6.07) is 6.08. The Kier molecular flexibility index (Phi) is 35.7. The number of aliphatic hydroxyl groups is 2.